The third kappa shape index (κ3) is 4.33. The molecule has 1 atom stereocenters. The van der Waals surface area contributed by atoms with Crippen molar-refractivity contribution >= 4 is 6.08 Å². The van der Waals surface area contributed by atoms with Gasteiger partial charge in [-0.15, -0.1) is 0 Å². The number of piperazine rings is 1. The Morgan fingerprint density at radius 3 is 2.94 bits per heavy atom. The topological polar surface area (TPSA) is 15.3 Å². The molecule has 1 fully saturated rings. The van der Waals surface area contributed by atoms with E-state index in [2.05, 4.69) is 59.6 Å². The van der Waals surface area contributed by atoms with Crippen molar-refractivity contribution < 1.29 is 0 Å². The predicted molar refractivity (Wildman–Crippen MR) is 74.0 cm³/mol. The smallest absolute Gasteiger partial charge is 0.0167 e. The lowest BCUT2D eigenvalue weighted by Gasteiger charge is -2.31. The van der Waals surface area contributed by atoms with Crippen molar-refractivity contribution in [3.8, 4) is 0 Å². The maximum absolute atomic E-state index is 3.47. The van der Waals surface area contributed by atoms with Gasteiger partial charge in [0.2, 0.25) is 0 Å². The van der Waals surface area contributed by atoms with Gasteiger partial charge in [-0.2, -0.15) is 0 Å². The Labute approximate surface area is 104 Å². The van der Waals surface area contributed by atoms with E-state index in [0.717, 1.165) is 13.0 Å². The Hall–Kier alpha value is -1.12. The average Bonchev–Trinajstić information content (AvgIpc) is 2.36. The van der Waals surface area contributed by atoms with Crippen LogP contribution in [-0.4, -0.2) is 37.1 Å². The van der Waals surface area contributed by atoms with Crippen LogP contribution >= 0.6 is 0 Å². The van der Waals surface area contributed by atoms with Crippen molar-refractivity contribution in [3.63, 3.8) is 0 Å². The van der Waals surface area contributed by atoms with Gasteiger partial charge in [-0.3, -0.25) is 0 Å². The Balaban J connectivity index is 1.70. The lowest BCUT2D eigenvalue weighted by molar-refractivity contribution is 0.210. The monoisotopic (exact) mass is 230 g/mol. The summed E-state index contributed by atoms with van der Waals surface area (Å²) in [5.41, 5.74) is 1.29. The molecule has 0 spiro atoms. The van der Waals surface area contributed by atoms with Crippen molar-refractivity contribution in [2.24, 2.45) is 0 Å². The zero-order chi connectivity index (χ0) is 11.9. The van der Waals surface area contributed by atoms with Gasteiger partial charge in [-0.25, -0.2) is 0 Å². The molecule has 1 aliphatic rings. The van der Waals surface area contributed by atoms with Gasteiger partial charge in [-0.05, 0) is 18.9 Å². The van der Waals surface area contributed by atoms with Crippen LogP contribution in [0, 0.1) is 0 Å². The molecular weight excluding hydrogens is 208 g/mol. The van der Waals surface area contributed by atoms with Gasteiger partial charge < -0.3 is 10.2 Å². The molecule has 1 aliphatic heterocycles. The van der Waals surface area contributed by atoms with E-state index in [1.54, 1.807) is 0 Å². The summed E-state index contributed by atoms with van der Waals surface area (Å²) >= 11 is 0. The van der Waals surface area contributed by atoms with Crippen LogP contribution in [0.15, 0.2) is 36.4 Å². The number of nitrogens with zero attached hydrogens (tertiary/aromatic N) is 1. The molecule has 2 nitrogen and oxygen atoms in total. The molecule has 2 rings (SSSR count). The summed E-state index contributed by atoms with van der Waals surface area (Å²) in [6, 6.07) is 11.1. The quantitative estimate of drug-likeness (QED) is 0.854. The molecule has 1 N–H and O–H groups in total. The van der Waals surface area contributed by atoms with Crippen LogP contribution in [0.3, 0.4) is 0 Å². The van der Waals surface area contributed by atoms with Crippen LogP contribution in [0.25, 0.3) is 6.08 Å². The fourth-order valence-corrected chi connectivity index (χ4v) is 2.26. The lowest BCUT2D eigenvalue weighted by Crippen LogP contribution is -2.49. The molecule has 1 saturated heterocycles. The molecule has 92 valence electrons. The zero-order valence-electron chi connectivity index (χ0n) is 10.6. The molecule has 0 bridgehead atoms. The van der Waals surface area contributed by atoms with Gasteiger partial charge in [0.05, 0.1) is 0 Å². The minimum Gasteiger partial charge on any atom is -0.312 e. The van der Waals surface area contributed by atoms with Gasteiger partial charge >= 0.3 is 0 Å². The highest BCUT2D eigenvalue weighted by Crippen LogP contribution is 2.04. The molecule has 1 aromatic rings. The summed E-state index contributed by atoms with van der Waals surface area (Å²) in [6.45, 7) is 6.92. The number of benzene rings is 1. The van der Waals surface area contributed by atoms with Crippen LogP contribution in [-0.2, 0) is 0 Å². The van der Waals surface area contributed by atoms with Crippen LogP contribution in [0.1, 0.15) is 18.9 Å². The first-order chi connectivity index (χ1) is 8.34. The van der Waals surface area contributed by atoms with E-state index in [1.807, 2.05) is 0 Å². The summed E-state index contributed by atoms with van der Waals surface area (Å²) < 4.78 is 0. The largest absolute Gasteiger partial charge is 0.312 e. The maximum Gasteiger partial charge on any atom is 0.0167 e. The van der Waals surface area contributed by atoms with E-state index in [0.29, 0.717) is 6.04 Å². The van der Waals surface area contributed by atoms with Crippen LogP contribution < -0.4 is 5.32 Å². The van der Waals surface area contributed by atoms with E-state index >= 15 is 0 Å². The molecule has 1 aromatic carbocycles. The van der Waals surface area contributed by atoms with Crippen LogP contribution in [0.5, 0.6) is 0 Å². The molecule has 0 unspecified atom stereocenters. The third-order valence-electron chi connectivity index (χ3n) is 3.17. The second kappa shape index (κ2) is 6.58. The summed E-state index contributed by atoms with van der Waals surface area (Å²) in [6.07, 6.45) is 5.63. The van der Waals surface area contributed by atoms with Crippen molar-refractivity contribution in [1.29, 1.82) is 0 Å². The zero-order valence-corrected chi connectivity index (χ0v) is 10.6. The molecule has 17 heavy (non-hydrogen) atoms. The van der Waals surface area contributed by atoms with Crippen molar-refractivity contribution in [2.75, 3.05) is 26.2 Å². The lowest BCUT2D eigenvalue weighted by atomic mass is 10.2. The van der Waals surface area contributed by atoms with E-state index < -0.39 is 0 Å². The molecule has 0 amide bonds. The van der Waals surface area contributed by atoms with Gasteiger partial charge in [0.1, 0.15) is 0 Å². The Morgan fingerprint density at radius 2 is 2.18 bits per heavy atom. The maximum atomic E-state index is 3.47. The minimum absolute atomic E-state index is 0.641. The Bertz CT molecular complexity index is 345. The van der Waals surface area contributed by atoms with E-state index in [4.69, 9.17) is 0 Å². The third-order valence-corrected chi connectivity index (χ3v) is 3.17. The van der Waals surface area contributed by atoms with Gasteiger partial charge in [0.25, 0.3) is 0 Å². The fraction of sp³-hybridized carbons (Fsp3) is 0.467. The minimum atomic E-state index is 0.641. The second-order valence-electron chi connectivity index (χ2n) is 4.76. The first-order valence-corrected chi connectivity index (χ1v) is 6.52. The van der Waals surface area contributed by atoms with Crippen LogP contribution in [0.2, 0.25) is 0 Å². The van der Waals surface area contributed by atoms with E-state index in [-0.39, 0.29) is 0 Å². The second-order valence-corrected chi connectivity index (χ2v) is 4.76. The average molecular weight is 230 g/mol. The first-order valence-electron chi connectivity index (χ1n) is 6.52. The standard InChI is InChI=1S/C15H22N2/c1-14-13-17(12-10-16-14)11-6-5-9-15-7-3-2-4-8-15/h2-5,7-9,14,16H,6,10-13H2,1H3/b9-5+/t14-/m0/s1. The first kappa shape index (κ1) is 12.3. The summed E-state index contributed by atoms with van der Waals surface area (Å²) in [5.74, 6) is 0. The SMILES string of the molecule is C[C@H]1CN(CC/C=C/c2ccccc2)CCN1. The Morgan fingerprint density at radius 1 is 1.35 bits per heavy atom. The summed E-state index contributed by atoms with van der Waals surface area (Å²) in [4.78, 5) is 2.54. The molecule has 0 aliphatic carbocycles. The highest BCUT2D eigenvalue weighted by atomic mass is 15.2. The van der Waals surface area contributed by atoms with E-state index in [9.17, 15) is 0 Å². The number of rotatable bonds is 4. The molecule has 1 heterocycles. The summed E-state index contributed by atoms with van der Waals surface area (Å²) in [5, 5.41) is 3.47. The van der Waals surface area contributed by atoms with Crippen molar-refractivity contribution in [2.45, 2.75) is 19.4 Å². The molecule has 0 saturated carbocycles. The van der Waals surface area contributed by atoms with E-state index in [1.165, 1.54) is 25.2 Å². The fourth-order valence-electron chi connectivity index (χ4n) is 2.26. The highest BCUT2D eigenvalue weighted by Gasteiger charge is 2.13. The predicted octanol–water partition coefficient (Wildman–Crippen LogP) is 2.38. The van der Waals surface area contributed by atoms with Crippen molar-refractivity contribution in [3.05, 3.63) is 42.0 Å². The molecule has 0 radical (unpaired) electrons. The normalized spacial score (nSPS) is 22.1. The van der Waals surface area contributed by atoms with Gasteiger partial charge in [0.15, 0.2) is 0 Å². The highest BCUT2D eigenvalue weighted by molar-refractivity contribution is 5.48. The molecular formula is C15H22N2. The van der Waals surface area contributed by atoms with Gasteiger partial charge in [0, 0.05) is 32.2 Å². The van der Waals surface area contributed by atoms with Gasteiger partial charge in [-0.1, -0.05) is 42.5 Å². The molecule has 0 aromatic heterocycles. The van der Waals surface area contributed by atoms with Crippen molar-refractivity contribution in [1.82, 2.24) is 10.2 Å². The number of hydrogen-bond donors (Lipinski definition) is 1. The number of nitrogens with one attached hydrogen (secondary N) is 1. The molecule has 2 heteroatoms. The Kier molecular flexibility index (Phi) is 4.77. The van der Waals surface area contributed by atoms with Crippen LogP contribution in [0.4, 0.5) is 0 Å². The summed E-state index contributed by atoms with van der Waals surface area (Å²) in [7, 11) is 0. The number of hydrogen-bond acceptors (Lipinski definition) is 2.